The van der Waals surface area contributed by atoms with Gasteiger partial charge in [0.25, 0.3) is 0 Å². The van der Waals surface area contributed by atoms with E-state index in [0.29, 0.717) is 34.5 Å². The molecule has 232 valence electrons. The van der Waals surface area contributed by atoms with Crippen LogP contribution in [-0.4, -0.2) is 23.5 Å². The van der Waals surface area contributed by atoms with E-state index in [4.69, 9.17) is 32.9 Å². The van der Waals surface area contributed by atoms with Crippen molar-refractivity contribution in [1.82, 2.24) is 0 Å². The van der Waals surface area contributed by atoms with E-state index in [0.717, 1.165) is 45.9 Å². The average molecular weight is 662 g/mol. The fourth-order valence-electron chi connectivity index (χ4n) is 5.25. The molecule has 0 saturated carbocycles. The monoisotopic (exact) mass is 660 g/mol. The minimum absolute atomic E-state index is 0.202. The molecule has 5 aromatic rings. The molecular formula is C36H25Cl2F3N2O3. The van der Waals surface area contributed by atoms with Crippen molar-refractivity contribution < 1.29 is 27.8 Å². The summed E-state index contributed by atoms with van der Waals surface area (Å²) in [5.41, 5.74) is 4.10. The number of anilines is 1. The van der Waals surface area contributed by atoms with Crippen LogP contribution in [0.5, 0.6) is 11.5 Å². The van der Waals surface area contributed by atoms with Gasteiger partial charge < -0.3 is 14.7 Å². The average Bonchev–Trinajstić information content (AvgIpc) is 3.45. The van der Waals surface area contributed by atoms with Crippen LogP contribution in [0.3, 0.4) is 0 Å². The van der Waals surface area contributed by atoms with Gasteiger partial charge in [-0.1, -0.05) is 65.7 Å². The molecule has 1 heterocycles. The van der Waals surface area contributed by atoms with Gasteiger partial charge >= 0.3 is 12.1 Å². The number of ether oxygens (including phenoxy) is 1. The van der Waals surface area contributed by atoms with E-state index in [1.807, 2.05) is 42.5 Å². The molecule has 1 aliphatic rings. The van der Waals surface area contributed by atoms with Crippen molar-refractivity contribution in [2.75, 3.05) is 11.4 Å². The van der Waals surface area contributed by atoms with Gasteiger partial charge in [0.05, 0.1) is 23.7 Å². The van der Waals surface area contributed by atoms with Crippen molar-refractivity contribution in [3.8, 4) is 22.6 Å². The maximum Gasteiger partial charge on any atom is 0.416 e. The van der Waals surface area contributed by atoms with E-state index in [2.05, 4.69) is 4.90 Å². The lowest BCUT2D eigenvalue weighted by atomic mass is 10.0. The first-order chi connectivity index (χ1) is 22.0. The number of alkyl halides is 3. The number of carbonyl (C=O) groups is 1. The lowest BCUT2D eigenvalue weighted by Gasteiger charge is -2.22. The summed E-state index contributed by atoms with van der Waals surface area (Å²) in [6, 6.07) is 31.8. The molecule has 5 nitrogen and oxygen atoms in total. The lowest BCUT2D eigenvalue weighted by Crippen LogP contribution is -2.29. The van der Waals surface area contributed by atoms with Crippen LogP contribution in [0.4, 0.5) is 18.9 Å². The summed E-state index contributed by atoms with van der Waals surface area (Å²) in [5, 5.41) is 10.4. The fourth-order valence-corrected chi connectivity index (χ4v) is 5.78. The third kappa shape index (κ3) is 7.03. The topological polar surface area (TPSA) is 62.1 Å². The van der Waals surface area contributed by atoms with E-state index in [-0.39, 0.29) is 11.6 Å². The highest BCUT2D eigenvalue weighted by molar-refractivity contribution is 6.35. The molecule has 0 aromatic heterocycles. The van der Waals surface area contributed by atoms with E-state index in [9.17, 15) is 23.1 Å². The van der Waals surface area contributed by atoms with E-state index in [1.165, 1.54) is 12.1 Å². The predicted molar refractivity (Wildman–Crippen MR) is 174 cm³/mol. The third-order valence-corrected chi connectivity index (χ3v) is 8.20. The Balaban J connectivity index is 1.18. The molecule has 0 saturated heterocycles. The molecule has 1 atom stereocenters. The lowest BCUT2D eigenvalue weighted by molar-refractivity contribution is -0.137. The summed E-state index contributed by atoms with van der Waals surface area (Å²) >= 11 is 12.7. The van der Waals surface area contributed by atoms with Crippen LogP contribution in [-0.2, 0) is 12.6 Å². The smallest absolute Gasteiger partial charge is 0.416 e. The zero-order valence-electron chi connectivity index (χ0n) is 24.0. The number of benzene rings is 5. The summed E-state index contributed by atoms with van der Waals surface area (Å²) in [6.45, 7) is 0.530. The Hall–Kier alpha value is -4.79. The largest absolute Gasteiger partial charge is 0.478 e. The first-order valence-electron chi connectivity index (χ1n) is 14.2. The van der Waals surface area contributed by atoms with Crippen molar-refractivity contribution in [1.29, 1.82) is 0 Å². The van der Waals surface area contributed by atoms with Crippen LogP contribution in [0.25, 0.3) is 11.1 Å². The van der Waals surface area contributed by atoms with Crippen molar-refractivity contribution >= 4 is 40.7 Å². The maximum atomic E-state index is 12.8. The molecule has 10 heteroatoms. The predicted octanol–water partition coefficient (Wildman–Crippen LogP) is 10.4. The second kappa shape index (κ2) is 12.9. The SMILES string of the molecule is O=C(O)c1ccc(N2CC(c3ccc(Cl)cc3Cl)N=C2Cc2ccc(-c3ccc(Oc4ccc(C(F)(F)F)cc4)cc3)cc2)cc1. The summed E-state index contributed by atoms with van der Waals surface area (Å²) in [6.07, 6.45) is -3.87. The molecule has 0 spiro atoms. The van der Waals surface area contributed by atoms with Crippen LogP contribution in [0.15, 0.2) is 120 Å². The minimum atomic E-state index is -4.40. The highest BCUT2D eigenvalue weighted by Crippen LogP contribution is 2.36. The molecule has 6 rings (SSSR count). The number of hydrogen-bond donors (Lipinski definition) is 1. The fraction of sp³-hybridized carbons (Fsp3) is 0.111. The quantitative estimate of drug-likeness (QED) is 0.180. The zero-order valence-corrected chi connectivity index (χ0v) is 25.5. The Bertz CT molecular complexity index is 1890. The van der Waals surface area contributed by atoms with Gasteiger partial charge in [0.15, 0.2) is 0 Å². The molecule has 5 aromatic carbocycles. The number of halogens is 5. The summed E-state index contributed by atoms with van der Waals surface area (Å²) < 4.78 is 44.2. The van der Waals surface area contributed by atoms with Gasteiger partial charge in [-0.15, -0.1) is 0 Å². The number of carboxylic acids is 1. The van der Waals surface area contributed by atoms with E-state index in [1.54, 1.807) is 48.5 Å². The standard InChI is InChI=1S/C36H25Cl2F3N2O3/c37-27-11-18-31(32(38)20-27)33-21-43(28-12-5-25(6-13-28)35(44)45)34(42-33)19-22-1-3-23(4-2-22)24-7-14-29(15-8-24)46-30-16-9-26(10-17-30)36(39,40)41/h1-18,20,33H,19,21H2,(H,44,45). The van der Waals surface area contributed by atoms with E-state index >= 15 is 0 Å². The molecule has 0 aliphatic carbocycles. The zero-order chi connectivity index (χ0) is 32.4. The van der Waals surface area contributed by atoms with Gasteiger partial charge in [-0.2, -0.15) is 13.2 Å². The number of hydrogen-bond acceptors (Lipinski definition) is 4. The van der Waals surface area contributed by atoms with Crippen LogP contribution >= 0.6 is 23.2 Å². The van der Waals surface area contributed by atoms with Crippen LogP contribution in [0.1, 0.15) is 33.1 Å². The van der Waals surface area contributed by atoms with Crippen molar-refractivity contribution in [2.24, 2.45) is 4.99 Å². The molecule has 46 heavy (non-hydrogen) atoms. The Morgan fingerprint density at radius 2 is 1.41 bits per heavy atom. The normalized spacial score (nSPS) is 14.7. The number of rotatable bonds is 8. The molecular weight excluding hydrogens is 636 g/mol. The molecule has 1 unspecified atom stereocenters. The summed E-state index contributed by atoms with van der Waals surface area (Å²) in [7, 11) is 0. The Morgan fingerprint density at radius 1 is 0.826 bits per heavy atom. The van der Waals surface area contributed by atoms with Crippen molar-refractivity contribution in [3.05, 3.63) is 148 Å². The van der Waals surface area contributed by atoms with Crippen molar-refractivity contribution in [3.63, 3.8) is 0 Å². The second-order valence-electron chi connectivity index (χ2n) is 10.7. The van der Waals surface area contributed by atoms with Gasteiger partial charge in [0, 0.05) is 22.2 Å². The van der Waals surface area contributed by atoms with Gasteiger partial charge in [-0.25, -0.2) is 4.79 Å². The number of amidine groups is 1. The number of carboxylic acid groups (broad SMARTS) is 1. The number of aromatic carboxylic acids is 1. The Labute approximate surface area is 273 Å². The summed E-state index contributed by atoms with van der Waals surface area (Å²) in [4.78, 5) is 18.5. The molecule has 0 bridgehead atoms. The second-order valence-corrected chi connectivity index (χ2v) is 11.6. The summed E-state index contributed by atoms with van der Waals surface area (Å²) in [5.74, 6) is 0.643. The molecule has 0 fully saturated rings. The first kappa shape index (κ1) is 31.2. The molecule has 1 aliphatic heterocycles. The van der Waals surface area contributed by atoms with Crippen LogP contribution in [0.2, 0.25) is 10.0 Å². The highest BCUT2D eigenvalue weighted by Gasteiger charge is 2.30. The van der Waals surface area contributed by atoms with Crippen LogP contribution < -0.4 is 9.64 Å². The van der Waals surface area contributed by atoms with Gasteiger partial charge in [-0.05, 0) is 95.1 Å². The van der Waals surface area contributed by atoms with Gasteiger partial charge in [-0.3, -0.25) is 4.99 Å². The van der Waals surface area contributed by atoms with E-state index < -0.39 is 17.7 Å². The van der Waals surface area contributed by atoms with Crippen molar-refractivity contribution in [2.45, 2.75) is 18.6 Å². The maximum absolute atomic E-state index is 12.8. The molecule has 1 N–H and O–H groups in total. The Morgan fingerprint density at radius 3 is 1.98 bits per heavy atom. The first-order valence-corrected chi connectivity index (χ1v) is 15.0. The third-order valence-electron chi connectivity index (χ3n) is 7.64. The van der Waals surface area contributed by atoms with Crippen LogP contribution in [0, 0.1) is 0 Å². The number of nitrogens with zero attached hydrogens (tertiary/aromatic N) is 2. The Kier molecular flexibility index (Phi) is 8.75. The minimum Gasteiger partial charge on any atom is -0.478 e. The highest BCUT2D eigenvalue weighted by atomic mass is 35.5. The molecule has 0 radical (unpaired) electrons. The van der Waals surface area contributed by atoms with Gasteiger partial charge in [0.2, 0.25) is 0 Å². The molecule has 0 amide bonds. The number of aliphatic imine (C=N–C) groups is 1. The van der Waals surface area contributed by atoms with Gasteiger partial charge in [0.1, 0.15) is 17.3 Å².